The van der Waals surface area contributed by atoms with E-state index < -0.39 is 86.2 Å². The molecule has 2 aliphatic rings. The van der Waals surface area contributed by atoms with Crippen LogP contribution in [-0.2, 0) is 61.1 Å². The maximum absolute atomic E-state index is 14.1. The third-order valence-corrected chi connectivity index (χ3v) is 10.7. The summed E-state index contributed by atoms with van der Waals surface area (Å²) in [6.45, 7) is 20.5. The molecule has 4 heterocycles. The van der Waals surface area contributed by atoms with Crippen LogP contribution >= 0.6 is 11.3 Å². The zero-order chi connectivity index (χ0) is 49.2. The lowest BCUT2D eigenvalue weighted by molar-refractivity contribution is -0.218. The van der Waals surface area contributed by atoms with Gasteiger partial charge in [0.2, 0.25) is 0 Å². The van der Waals surface area contributed by atoms with Crippen LogP contribution in [0, 0.1) is 0 Å². The number of esters is 1. The van der Waals surface area contributed by atoms with E-state index in [2.05, 4.69) is 35.5 Å². The van der Waals surface area contributed by atoms with Crippen molar-refractivity contribution in [3.05, 3.63) is 47.2 Å². The summed E-state index contributed by atoms with van der Waals surface area (Å²) in [5, 5.41) is 18.1. The highest BCUT2D eigenvalue weighted by Crippen LogP contribution is 2.38. The summed E-state index contributed by atoms with van der Waals surface area (Å²) < 4.78 is 61.1. The zero-order valence-electron chi connectivity index (χ0n) is 39.0. The number of hydroxylamine groups is 2. The Morgan fingerprint density at radius 3 is 2.24 bits per heavy atom. The summed E-state index contributed by atoms with van der Waals surface area (Å²) >= 11 is 0.902. The molecule has 3 atom stereocenters. The minimum Gasteiger partial charge on any atom is -0.485 e. The summed E-state index contributed by atoms with van der Waals surface area (Å²) in [4.78, 5) is 76.2. The average molecular weight is 963 g/mol. The predicted molar refractivity (Wildman–Crippen MR) is 239 cm³/mol. The number of hydrogen-bond acceptors (Lipinski definition) is 17. The van der Waals surface area contributed by atoms with Crippen LogP contribution in [0.25, 0.3) is 11.1 Å². The number of ether oxygens (including phenoxy) is 4. The molecule has 5 rings (SSSR count). The van der Waals surface area contributed by atoms with E-state index in [-0.39, 0.29) is 17.2 Å². The summed E-state index contributed by atoms with van der Waals surface area (Å²) in [5.74, 6) is -2.50. The first-order valence-corrected chi connectivity index (χ1v) is 23.1. The Bertz CT molecular complexity index is 2460. The molecule has 0 spiro atoms. The number of thiazole rings is 1. The molecule has 0 saturated carbocycles. The molecule has 1 fully saturated rings. The highest BCUT2D eigenvalue weighted by molar-refractivity contribution is 7.80. The standard InChI is InChI=1S/C42H58N8O14S2/c1-38(2,3)60-34(53)42(12,29-17-15-25-20-24(14-16-28(25)59-29)26-21-44-49(22-26)19-13-18-43-36(54)61-39(4,5)6)63-48-30(27-23-65-35(45-27)47-37(55)62-40(7,8)9)32(51)46-31-33(52)50(41(31,10)11)64-66(56,57)58/h14,16,20-23,29,31H,13,15,17-19H2,1-12H3,(H,43,54)(H,46,51)(H,45,47,55)(H,56,57,58)/b48-30-/t29-,31-,42+/m1/s1. The van der Waals surface area contributed by atoms with Gasteiger partial charge >= 0.3 is 28.6 Å². The van der Waals surface area contributed by atoms with E-state index in [0.717, 1.165) is 28.0 Å². The van der Waals surface area contributed by atoms with Crippen LogP contribution in [0.4, 0.5) is 14.7 Å². The van der Waals surface area contributed by atoms with E-state index in [1.54, 1.807) is 79.3 Å². The van der Waals surface area contributed by atoms with Crippen molar-refractivity contribution in [3.8, 4) is 16.9 Å². The van der Waals surface area contributed by atoms with Gasteiger partial charge in [-0.05, 0) is 126 Å². The number of nitrogens with one attached hydrogen (secondary N) is 3. The highest BCUT2D eigenvalue weighted by Gasteiger charge is 2.58. The SMILES string of the molecule is CC(C)(C)OC(=O)NCCCn1cc(-c2ccc3c(c2)CC[C@H]([C@](C)(O/N=C(\C(=O)N[C@@H]2C(=O)N(OS(=O)(=O)O)C2(C)C)c2csc(NC(=O)OC(C)(C)C)n2)C(=O)OC(C)(C)C)O3)cn1. The number of hydrogen-bond donors (Lipinski definition) is 4. The molecular weight excluding hydrogens is 905 g/mol. The monoisotopic (exact) mass is 962 g/mol. The van der Waals surface area contributed by atoms with Crippen molar-refractivity contribution >= 4 is 62.5 Å². The van der Waals surface area contributed by atoms with Crippen LogP contribution in [0.1, 0.15) is 107 Å². The maximum Gasteiger partial charge on any atom is 0.418 e. The number of carbonyl (C=O) groups is 5. The van der Waals surface area contributed by atoms with Gasteiger partial charge in [0.15, 0.2) is 16.9 Å². The fourth-order valence-corrected chi connectivity index (χ4v) is 7.67. The van der Waals surface area contributed by atoms with Gasteiger partial charge in [-0.25, -0.2) is 19.4 Å². The van der Waals surface area contributed by atoms with Crippen molar-refractivity contribution in [2.45, 2.75) is 149 Å². The number of amides is 4. The quantitative estimate of drug-likeness (QED) is 0.0285. The topological polar surface area (TPSA) is 277 Å². The van der Waals surface area contributed by atoms with E-state index in [0.29, 0.717) is 36.7 Å². The van der Waals surface area contributed by atoms with Crippen LogP contribution in [0.2, 0.25) is 0 Å². The smallest absolute Gasteiger partial charge is 0.418 e. The Labute approximate surface area is 386 Å². The largest absolute Gasteiger partial charge is 0.485 e. The van der Waals surface area contributed by atoms with E-state index >= 15 is 0 Å². The van der Waals surface area contributed by atoms with Gasteiger partial charge in [-0.15, -0.1) is 15.6 Å². The molecule has 22 nitrogen and oxygen atoms in total. The highest BCUT2D eigenvalue weighted by atomic mass is 32.3. The van der Waals surface area contributed by atoms with Gasteiger partial charge in [0, 0.05) is 30.2 Å². The van der Waals surface area contributed by atoms with Gasteiger partial charge < -0.3 is 34.4 Å². The molecule has 2 aliphatic heterocycles. The summed E-state index contributed by atoms with van der Waals surface area (Å²) in [7, 11) is -5.09. The van der Waals surface area contributed by atoms with E-state index in [4.69, 9.17) is 23.8 Å². The van der Waals surface area contributed by atoms with Crippen molar-refractivity contribution in [1.29, 1.82) is 0 Å². The van der Waals surface area contributed by atoms with Gasteiger partial charge in [-0.3, -0.25) is 24.1 Å². The molecule has 0 radical (unpaired) electrons. The number of benzene rings is 1. The molecule has 3 aromatic rings. The van der Waals surface area contributed by atoms with E-state index in [9.17, 15) is 36.9 Å². The first kappa shape index (κ1) is 51.1. The van der Waals surface area contributed by atoms with Crippen LogP contribution in [-0.4, -0.2) is 115 Å². The molecule has 1 aromatic carbocycles. The van der Waals surface area contributed by atoms with Crippen molar-refractivity contribution in [1.82, 2.24) is 30.5 Å². The molecule has 0 unspecified atom stereocenters. The number of nitrogens with zero attached hydrogens (tertiary/aromatic N) is 5. The second-order valence-electron chi connectivity index (χ2n) is 19.2. The predicted octanol–water partition coefficient (Wildman–Crippen LogP) is 5.32. The molecule has 0 bridgehead atoms. The molecule has 24 heteroatoms. The number of rotatable bonds is 15. The molecule has 4 amide bonds. The molecule has 66 heavy (non-hydrogen) atoms. The number of anilines is 1. The summed E-state index contributed by atoms with van der Waals surface area (Å²) in [5.41, 5.74) is -4.13. The second-order valence-corrected chi connectivity index (χ2v) is 21.1. The third-order valence-electron chi connectivity index (χ3n) is 9.64. The van der Waals surface area contributed by atoms with Gasteiger partial charge in [0.05, 0.1) is 11.7 Å². The lowest BCUT2D eigenvalue weighted by atomic mass is 9.84. The Morgan fingerprint density at radius 2 is 1.62 bits per heavy atom. The fraction of sp³-hybridized carbons (Fsp3) is 0.571. The Balaban J connectivity index is 1.39. The van der Waals surface area contributed by atoms with Gasteiger partial charge in [0.25, 0.3) is 17.4 Å². The normalized spacial score (nSPS) is 18.4. The summed E-state index contributed by atoms with van der Waals surface area (Å²) in [6.07, 6.45) is 2.54. The molecule has 362 valence electrons. The van der Waals surface area contributed by atoms with Gasteiger partial charge in [-0.1, -0.05) is 11.2 Å². The molecule has 1 saturated heterocycles. The molecular formula is C42H58N8O14S2. The zero-order valence-corrected chi connectivity index (χ0v) is 40.6. The van der Waals surface area contributed by atoms with Gasteiger partial charge in [-0.2, -0.15) is 18.6 Å². The number of alkyl carbamates (subject to hydrolysis) is 1. The van der Waals surface area contributed by atoms with Crippen molar-refractivity contribution in [3.63, 3.8) is 0 Å². The van der Waals surface area contributed by atoms with E-state index in [1.165, 1.54) is 26.2 Å². The lowest BCUT2D eigenvalue weighted by Crippen LogP contribution is -2.76. The molecule has 0 aliphatic carbocycles. The number of fused-ring (bicyclic) bond motifs is 1. The molecule has 2 aromatic heterocycles. The fourth-order valence-electron chi connectivity index (χ4n) is 6.54. The van der Waals surface area contributed by atoms with Crippen molar-refractivity contribution in [2.75, 3.05) is 11.9 Å². The second kappa shape index (κ2) is 19.2. The van der Waals surface area contributed by atoms with Gasteiger partial charge in [0.1, 0.15) is 34.3 Å². The molecule has 4 N–H and O–H groups in total. The lowest BCUT2D eigenvalue weighted by Gasteiger charge is -2.50. The van der Waals surface area contributed by atoms with Crippen LogP contribution < -0.4 is 20.7 Å². The van der Waals surface area contributed by atoms with Crippen LogP contribution in [0.5, 0.6) is 5.75 Å². The Hall–Kier alpha value is -5.85. The maximum atomic E-state index is 14.1. The third kappa shape index (κ3) is 13.4. The number of oxime groups is 1. The first-order chi connectivity index (χ1) is 30.3. The number of carbonyl (C=O) groups excluding carboxylic acids is 5. The number of aryl methyl sites for hydroxylation is 2. The number of β-lactam (4-membered cyclic amide) rings is 1. The van der Waals surface area contributed by atoms with E-state index in [1.807, 2.05) is 18.3 Å². The van der Waals surface area contributed by atoms with Crippen molar-refractivity contribution in [2.24, 2.45) is 5.16 Å². The van der Waals surface area contributed by atoms with Crippen LogP contribution in [0.3, 0.4) is 0 Å². The summed E-state index contributed by atoms with van der Waals surface area (Å²) in [6, 6.07) is 4.16. The minimum atomic E-state index is -5.09. The average Bonchev–Trinajstić information content (AvgIpc) is 3.84. The minimum absolute atomic E-state index is 0.00559. The first-order valence-electron chi connectivity index (χ1n) is 20.9. The number of aromatic nitrogens is 3. The Kier molecular flexibility index (Phi) is 14.9. The van der Waals surface area contributed by atoms with Crippen molar-refractivity contribution < 1.29 is 65.0 Å². The van der Waals surface area contributed by atoms with Crippen LogP contribution in [0.15, 0.2) is 41.1 Å². The Morgan fingerprint density at radius 1 is 0.970 bits per heavy atom.